The third kappa shape index (κ3) is 6.71. The van der Waals surface area contributed by atoms with E-state index in [1.165, 1.54) is 0 Å². The van der Waals surface area contributed by atoms with Crippen molar-refractivity contribution in [3.63, 3.8) is 0 Å². The fourth-order valence-corrected chi connectivity index (χ4v) is 3.39. The minimum Gasteiger partial charge on any atom is -0.493 e. The minimum absolute atomic E-state index is 0.00392. The Hall–Kier alpha value is -3.60. The molecule has 0 bridgehead atoms. The molecule has 0 aromatic heterocycles. The molecular weight excluding hydrogens is 404 g/mol. The zero-order chi connectivity index (χ0) is 22.8. The van der Waals surface area contributed by atoms with Crippen LogP contribution in [0.1, 0.15) is 46.8 Å². The fourth-order valence-electron chi connectivity index (χ4n) is 3.39. The summed E-state index contributed by atoms with van der Waals surface area (Å²) in [5, 5.41) is 8.82. The Labute approximate surface area is 188 Å². The minimum atomic E-state index is -0.851. The zero-order valence-corrected chi connectivity index (χ0v) is 18.3. The molecule has 32 heavy (non-hydrogen) atoms. The first kappa shape index (κ1) is 23.1. The van der Waals surface area contributed by atoms with Crippen molar-refractivity contribution in [2.45, 2.75) is 32.6 Å². The van der Waals surface area contributed by atoms with Crippen LogP contribution >= 0.6 is 0 Å². The summed E-state index contributed by atoms with van der Waals surface area (Å²) in [5.41, 5.74) is 3.12. The predicted molar refractivity (Wildman–Crippen MR) is 124 cm³/mol. The lowest BCUT2D eigenvalue weighted by atomic mass is 9.99. The van der Waals surface area contributed by atoms with E-state index in [1.807, 2.05) is 48.5 Å². The SMILES string of the molecule is CCCc1cc(C(=O)c2ccccc2)ccc1OCCCOc1ccc(CC(=O)O)cc1. The number of rotatable bonds is 12. The van der Waals surface area contributed by atoms with Gasteiger partial charge in [0.15, 0.2) is 5.78 Å². The van der Waals surface area contributed by atoms with Crippen LogP contribution in [0.25, 0.3) is 0 Å². The molecule has 166 valence electrons. The van der Waals surface area contributed by atoms with E-state index >= 15 is 0 Å². The summed E-state index contributed by atoms with van der Waals surface area (Å²) in [6, 6.07) is 22.0. The second-order valence-corrected chi connectivity index (χ2v) is 7.53. The average molecular weight is 433 g/mol. The Morgan fingerprint density at radius 3 is 2.25 bits per heavy atom. The van der Waals surface area contributed by atoms with Crippen LogP contribution in [0, 0.1) is 0 Å². The molecule has 5 heteroatoms. The number of ketones is 1. The maximum absolute atomic E-state index is 12.7. The molecule has 0 unspecified atom stereocenters. The molecule has 0 spiro atoms. The summed E-state index contributed by atoms with van der Waals surface area (Å²) >= 11 is 0. The van der Waals surface area contributed by atoms with Crippen LogP contribution in [0.5, 0.6) is 11.5 Å². The highest BCUT2D eigenvalue weighted by molar-refractivity contribution is 6.09. The molecule has 3 rings (SSSR count). The normalized spacial score (nSPS) is 10.5. The number of benzene rings is 3. The van der Waals surface area contributed by atoms with Crippen molar-refractivity contribution in [2.24, 2.45) is 0 Å². The van der Waals surface area contributed by atoms with Crippen LogP contribution in [-0.2, 0) is 17.6 Å². The molecule has 0 saturated carbocycles. The van der Waals surface area contributed by atoms with Crippen molar-refractivity contribution in [3.8, 4) is 11.5 Å². The lowest BCUT2D eigenvalue weighted by Gasteiger charge is -2.13. The zero-order valence-electron chi connectivity index (χ0n) is 18.3. The summed E-state index contributed by atoms with van der Waals surface area (Å²) < 4.78 is 11.7. The van der Waals surface area contributed by atoms with Gasteiger partial charge >= 0.3 is 5.97 Å². The number of aliphatic carboxylic acids is 1. The van der Waals surface area contributed by atoms with E-state index < -0.39 is 5.97 Å². The number of carboxylic acids is 1. The van der Waals surface area contributed by atoms with Crippen LogP contribution < -0.4 is 9.47 Å². The first-order valence-electron chi connectivity index (χ1n) is 10.9. The average Bonchev–Trinajstić information content (AvgIpc) is 2.80. The fraction of sp³-hybridized carbons (Fsp3) is 0.259. The van der Waals surface area contributed by atoms with Crippen LogP contribution in [0.2, 0.25) is 0 Å². The number of hydrogen-bond acceptors (Lipinski definition) is 4. The van der Waals surface area contributed by atoms with E-state index in [4.69, 9.17) is 14.6 Å². The summed E-state index contributed by atoms with van der Waals surface area (Å²) in [6.07, 6.45) is 2.50. The standard InChI is InChI=1S/C27H28O5/c1-2-7-22-19-23(27(30)21-8-4-3-5-9-21)12-15-25(22)32-17-6-16-31-24-13-10-20(11-14-24)18-26(28)29/h3-5,8-15,19H,2,6-7,16-18H2,1H3,(H,28,29). The van der Waals surface area contributed by atoms with Crippen molar-refractivity contribution < 1.29 is 24.2 Å². The molecule has 0 aliphatic carbocycles. The van der Waals surface area contributed by atoms with Crippen LogP contribution in [0.3, 0.4) is 0 Å². The van der Waals surface area contributed by atoms with E-state index in [-0.39, 0.29) is 12.2 Å². The Bertz CT molecular complexity index is 1030. The van der Waals surface area contributed by atoms with Crippen LogP contribution in [-0.4, -0.2) is 30.1 Å². The predicted octanol–water partition coefficient (Wildman–Crippen LogP) is 5.35. The lowest BCUT2D eigenvalue weighted by molar-refractivity contribution is -0.136. The van der Waals surface area contributed by atoms with Gasteiger partial charge in [-0.25, -0.2) is 0 Å². The summed E-state index contributed by atoms with van der Waals surface area (Å²) in [6.45, 7) is 3.09. The highest BCUT2D eigenvalue weighted by Crippen LogP contribution is 2.24. The third-order valence-corrected chi connectivity index (χ3v) is 4.97. The Kier molecular flexibility index (Phi) is 8.44. The van der Waals surface area contributed by atoms with Crippen molar-refractivity contribution in [2.75, 3.05) is 13.2 Å². The molecule has 0 aliphatic heterocycles. The largest absolute Gasteiger partial charge is 0.493 e. The van der Waals surface area contributed by atoms with Gasteiger partial charge in [0, 0.05) is 17.5 Å². The molecule has 3 aromatic rings. The molecule has 0 amide bonds. The number of carbonyl (C=O) groups is 2. The number of ether oxygens (including phenoxy) is 2. The Morgan fingerprint density at radius 1 is 0.844 bits per heavy atom. The van der Waals surface area contributed by atoms with Gasteiger partial charge in [-0.15, -0.1) is 0 Å². The van der Waals surface area contributed by atoms with Crippen LogP contribution in [0.15, 0.2) is 72.8 Å². The number of carboxylic acid groups (broad SMARTS) is 1. The maximum Gasteiger partial charge on any atom is 0.307 e. The first-order valence-corrected chi connectivity index (χ1v) is 10.9. The summed E-state index contributed by atoms with van der Waals surface area (Å²) in [7, 11) is 0. The highest BCUT2D eigenvalue weighted by Gasteiger charge is 2.12. The summed E-state index contributed by atoms with van der Waals surface area (Å²) in [5.74, 6) is 0.664. The Balaban J connectivity index is 1.52. The second-order valence-electron chi connectivity index (χ2n) is 7.53. The molecule has 0 aliphatic rings. The molecule has 0 saturated heterocycles. The van der Waals surface area contributed by atoms with Gasteiger partial charge in [-0.05, 0) is 47.9 Å². The van der Waals surface area contributed by atoms with E-state index in [0.29, 0.717) is 36.5 Å². The number of aryl methyl sites for hydroxylation is 1. The molecule has 5 nitrogen and oxygen atoms in total. The van der Waals surface area contributed by atoms with Gasteiger partial charge in [-0.3, -0.25) is 9.59 Å². The van der Waals surface area contributed by atoms with E-state index in [0.717, 1.165) is 29.7 Å². The lowest BCUT2D eigenvalue weighted by Crippen LogP contribution is -2.08. The smallest absolute Gasteiger partial charge is 0.307 e. The van der Waals surface area contributed by atoms with Crippen molar-refractivity contribution >= 4 is 11.8 Å². The molecule has 0 atom stereocenters. The van der Waals surface area contributed by atoms with Gasteiger partial charge in [0.05, 0.1) is 19.6 Å². The van der Waals surface area contributed by atoms with Gasteiger partial charge in [0.1, 0.15) is 11.5 Å². The molecule has 0 heterocycles. The summed E-state index contributed by atoms with van der Waals surface area (Å²) in [4.78, 5) is 23.5. The van der Waals surface area contributed by atoms with Gasteiger partial charge in [0.25, 0.3) is 0 Å². The molecular formula is C27H28O5. The Morgan fingerprint density at radius 2 is 1.56 bits per heavy atom. The molecule has 1 N–H and O–H groups in total. The van der Waals surface area contributed by atoms with E-state index in [1.54, 1.807) is 24.3 Å². The van der Waals surface area contributed by atoms with Gasteiger partial charge < -0.3 is 14.6 Å². The van der Waals surface area contributed by atoms with Gasteiger partial charge in [-0.1, -0.05) is 55.8 Å². The quantitative estimate of drug-likeness (QED) is 0.309. The van der Waals surface area contributed by atoms with Crippen LogP contribution in [0.4, 0.5) is 0 Å². The number of hydrogen-bond donors (Lipinski definition) is 1. The van der Waals surface area contributed by atoms with Gasteiger partial charge in [-0.2, -0.15) is 0 Å². The van der Waals surface area contributed by atoms with Crippen molar-refractivity contribution in [3.05, 3.63) is 95.1 Å². The topological polar surface area (TPSA) is 72.8 Å². The van der Waals surface area contributed by atoms with Crippen molar-refractivity contribution in [1.29, 1.82) is 0 Å². The monoisotopic (exact) mass is 432 g/mol. The third-order valence-electron chi connectivity index (χ3n) is 4.97. The highest BCUT2D eigenvalue weighted by atomic mass is 16.5. The van der Waals surface area contributed by atoms with Gasteiger partial charge in [0.2, 0.25) is 0 Å². The number of carbonyl (C=O) groups excluding carboxylic acids is 1. The van der Waals surface area contributed by atoms with Crippen molar-refractivity contribution in [1.82, 2.24) is 0 Å². The molecule has 0 fully saturated rings. The maximum atomic E-state index is 12.7. The van der Waals surface area contributed by atoms with E-state index in [9.17, 15) is 9.59 Å². The second kappa shape index (κ2) is 11.7. The molecule has 3 aromatic carbocycles. The first-order chi connectivity index (χ1) is 15.6. The van der Waals surface area contributed by atoms with E-state index in [2.05, 4.69) is 6.92 Å². The molecule has 0 radical (unpaired) electrons.